The average Bonchev–Trinajstić information content (AvgIpc) is 2.82. The molecule has 0 fully saturated rings. The molecule has 0 aliphatic heterocycles. The zero-order valence-corrected chi connectivity index (χ0v) is 18.6. The van der Waals surface area contributed by atoms with Crippen molar-refractivity contribution in [3.05, 3.63) is 53.1 Å². The van der Waals surface area contributed by atoms with E-state index in [0.29, 0.717) is 23.6 Å². The first-order valence-electron chi connectivity index (χ1n) is 9.99. The minimum Gasteiger partial charge on any atom is -0.497 e. The van der Waals surface area contributed by atoms with Crippen molar-refractivity contribution in [3.63, 3.8) is 0 Å². The highest BCUT2D eigenvalue weighted by atomic mass is 16.6. The third-order valence-electron chi connectivity index (χ3n) is 4.47. The number of rotatable bonds is 10. The van der Waals surface area contributed by atoms with Crippen LogP contribution in [0.4, 0.5) is 0 Å². The normalized spacial score (nSPS) is 10.7. The molecule has 0 aliphatic rings. The molecule has 1 amide bonds. The number of unbranched alkanes of at least 4 members (excludes halogenated alkanes) is 1. The van der Waals surface area contributed by atoms with Crippen LogP contribution < -0.4 is 24.3 Å². The lowest BCUT2D eigenvalue weighted by Crippen LogP contribution is -2.25. The summed E-state index contributed by atoms with van der Waals surface area (Å²) in [5, 5.41) is 12.0. The Bertz CT molecular complexity index is 1020. The summed E-state index contributed by atoms with van der Waals surface area (Å²) < 4.78 is 21.2. The topological polar surface area (TPSA) is 107 Å². The Labute approximate surface area is 187 Å². The summed E-state index contributed by atoms with van der Waals surface area (Å²) in [4.78, 5) is 24.8. The smallest absolute Gasteiger partial charge is 0.343 e. The molecular formula is C24H26N2O6. The molecule has 0 aromatic heterocycles. The fourth-order valence-corrected chi connectivity index (χ4v) is 2.73. The Kier molecular flexibility index (Phi) is 9.11. The molecule has 0 unspecified atom stereocenters. The molecule has 2 aromatic rings. The van der Waals surface area contributed by atoms with E-state index in [-0.39, 0.29) is 22.6 Å². The highest BCUT2D eigenvalue weighted by molar-refractivity contribution is 6.01. The van der Waals surface area contributed by atoms with Gasteiger partial charge in [0.2, 0.25) is 0 Å². The lowest BCUT2D eigenvalue weighted by molar-refractivity contribution is -0.117. The molecule has 168 valence electrons. The molecule has 0 bridgehead atoms. The number of benzene rings is 2. The van der Waals surface area contributed by atoms with Crippen molar-refractivity contribution in [1.82, 2.24) is 5.32 Å². The van der Waals surface area contributed by atoms with Crippen LogP contribution in [0.15, 0.2) is 42.0 Å². The van der Waals surface area contributed by atoms with Crippen LogP contribution in [0.2, 0.25) is 0 Å². The molecule has 0 atom stereocenters. The van der Waals surface area contributed by atoms with Gasteiger partial charge in [-0.05, 0) is 42.3 Å². The Hall–Kier alpha value is -3.99. The molecule has 2 aromatic carbocycles. The molecule has 0 radical (unpaired) electrons. The van der Waals surface area contributed by atoms with Gasteiger partial charge in [0.15, 0.2) is 11.5 Å². The minimum absolute atomic E-state index is 0.0311. The van der Waals surface area contributed by atoms with Crippen LogP contribution in [0.3, 0.4) is 0 Å². The molecule has 0 saturated carbocycles. The second-order valence-electron chi connectivity index (χ2n) is 6.68. The molecule has 0 saturated heterocycles. The summed E-state index contributed by atoms with van der Waals surface area (Å²) in [6, 6.07) is 11.3. The number of carbonyl (C=O) groups excluding carboxylic acids is 2. The van der Waals surface area contributed by atoms with Gasteiger partial charge in [-0.25, -0.2) is 4.79 Å². The first-order chi connectivity index (χ1) is 15.4. The van der Waals surface area contributed by atoms with Gasteiger partial charge >= 0.3 is 5.97 Å². The first kappa shape index (κ1) is 24.3. The number of nitriles is 1. The number of amides is 1. The van der Waals surface area contributed by atoms with E-state index in [4.69, 9.17) is 18.9 Å². The molecule has 0 spiro atoms. The van der Waals surface area contributed by atoms with Crippen LogP contribution in [0.1, 0.15) is 35.7 Å². The maximum absolute atomic E-state index is 12.6. The maximum Gasteiger partial charge on any atom is 0.343 e. The third-order valence-corrected chi connectivity index (χ3v) is 4.47. The van der Waals surface area contributed by atoms with Gasteiger partial charge < -0.3 is 24.3 Å². The minimum atomic E-state index is -0.628. The second-order valence-corrected chi connectivity index (χ2v) is 6.68. The number of nitrogens with one attached hydrogen (secondary N) is 1. The van der Waals surface area contributed by atoms with Crippen molar-refractivity contribution >= 4 is 18.0 Å². The monoisotopic (exact) mass is 438 g/mol. The van der Waals surface area contributed by atoms with E-state index in [2.05, 4.69) is 5.32 Å². The summed E-state index contributed by atoms with van der Waals surface area (Å²) in [5.41, 5.74) is 0.756. The highest BCUT2D eigenvalue weighted by Gasteiger charge is 2.16. The van der Waals surface area contributed by atoms with E-state index in [0.717, 1.165) is 12.8 Å². The van der Waals surface area contributed by atoms with Crippen LogP contribution in [0.25, 0.3) is 6.08 Å². The van der Waals surface area contributed by atoms with E-state index in [1.165, 1.54) is 45.6 Å². The highest BCUT2D eigenvalue weighted by Crippen LogP contribution is 2.31. The predicted octanol–water partition coefficient (Wildman–Crippen LogP) is 3.75. The lowest BCUT2D eigenvalue weighted by Gasteiger charge is -2.12. The number of methoxy groups -OCH3 is 3. The second kappa shape index (κ2) is 12.0. The summed E-state index contributed by atoms with van der Waals surface area (Å²) in [7, 11) is 4.40. The SMILES string of the molecule is CCCCNC(=O)/C(C#N)=C/c1ccc(OC(=O)c2cc(OC)cc(OC)c2)c(OC)c1. The Morgan fingerprint density at radius 2 is 1.69 bits per heavy atom. The molecule has 32 heavy (non-hydrogen) atoms. The zero-order chi connectivity index (χ0) is 23.5. The summed E-state index contributed by atoms with van der Waals surface area (Å²) >= 11 is 0. The first-order valence-corrected chi connectivity index (χ1v) is 9.99. The van der Waals surface area contributed by atoms with Gasteiger partial charge in [0.25, 0.3) is 5.91 Å². The molecule has 0 aliphatic carbocycles. The van der Waals surface area contributed by atoms with Crippen LogP contribution in [0.5, 0.6) is 23.0 Å². The van der Waals surface area contributed by atoms with Gasteiger partial charge in [0.1, 0.15) is 23.1 Å². The molecular weight excluding hydrogens is 412 g/mol. The van der Waals surface area contributed by atoms with E-state index in [1.807, 2.05) is 13.0 Å². The zero-order valence-electron chi connectivity index (χ0n) is 18.6. The van der Waals surface area contributed by atoms with E-state index >= 15 is 0 Å². The number of nitrogens with zero attached hydrogens (tertiary/aromatic N) is 1. The third kappa shape index (κ3) is 6.51. The molecule has 2 rings (SSSR count). The number of hydrogen-bond acceptors (Lipinski definition) is 7. The van der Waals surface area contributed by atoms with E-state index in [9.17, 15) is 14.9 Å². The summed E-state index contributed by atoms with van der Waals surface area (Å²) in [6.45, 7) is 2.51. The Morgan fingerprint density at radius 3 is 2.25 bits per heavy atom. The predicted molar refractivity (Wildman–Crippen MR) is 119 cm³/mol. The van der Waals surface area contributed by atoms with Crippen molar-refractivity contribution in [2.45, 2.75) is 19.8 Å². The fraction of sp³-hybridized carbons (Fsp3) is 0.292. The van der Waals surface area contributed by atoms with Crippen LogP contribution in [-0.2, 0) is 4.79 Å². The molecule has 8 heteroatoms. The van der Waals surface area contributed by atoms with Crippen molar-refractivity contribution < 1.29 is 28.5 Å². The number of ether oxygens (including phenoxy) is 4. The van der Waals surface area contributed by atoms with Crippen molar-refractivity contribution in [1.29, 1.82) is 5.26 Å². The molecule has 0 heterocycles. The molecule has 8 nitrogen and oxygen atoms in total. The Morgan fingerprint density at radius 1 is 1.00 bits per heavy atom. The van der Waals surface area contributed by atoms with Gasteiger partial charge in [-0.1, -0.05) is 19.4 Å². The van der Waals surface area contributed by atoms with Crippen molar-refractivity contribution in [3.8, 4) is 29.1 Å². The quantitative estimate of drug-likeness (QED) is 0.198. The standard InChI is InChI=1S/C24H26N2O6/c1-5-6-9-26-23(27)18(15-25)10-16-7-8-21(22(11-16)31-4)32-24(28)17-12-19(29-2)14-20(13-17)30-3/h7-8,10-14H,5-6,9H2,1-4H3,(H,26,27)/b18-10+. The van der Waals surface area contributed by atoms with Crippen LogP contribution >= 0.6 is 0 Å². The largest absolute Gasteiger partial charge is 0.497 e. The number of esters is 1. The average molecular weight is 438 g/mol. The van der Waals surface area contributed by atoms with E-state index < -0.39 is 11.9 Å². The van der Waals surface area contributed by atoms with Gasteiger partial charge in [-0.15, -0.1) is 0 Å². The van der Waals surface area contributed by atoms with Crippen molar-refractivity contribution in [2.24, 2.45) is 0 Å². The van der Waals surface area contributed by atoms with Gasteiger partial charge in [-0.2, -0.15) is 5.26 Å². The van der Waals surface area contributed by atoms with E-state index in [1.54, 1.807) is 18.2 Å². The molecule has 1 N–H and O–H groups in total. The van der Waals surface area contributed by atoms with Crippen LogP contribution in [-0.4, -0.2) is 39.8 Å². The van der Waals surface area contributed by atoms with Crippen LogP contribution in [0, 0.1) is 11.3 Å². The Balaban J connectivity index is 2.24. The number of hydrogen-bond donors (Lipinski definition) is 1. The lowest BCUT2D eigenvalue weighted by atomic mass is 10.1. The van der Waals surface area contributed by atoms with Crippen molar-refractivity contribution in [2.75, 3.05) is 27.9 Å². The number of carbonyl (C=O) groups is 2. The van der Waals surface area contributed by atoms with Gasteiger partial charge in [-0.3, -0.25) is 4.79 Å². The summed E-state index contributed by atoms with van der Waals surface area (Å²) in [5.74, 6) is 0.280. The fourth-order valence-electron chi connectivity index (χ4n) is 2.73. The summed E-state index contributed by atoms with van der Waals surface area (Å²) in [6.07, 6.45) is 3.21. The van der Waals surface area contributed by atoms with Gasteiger partial charge in [0.05, 0.1) is 26.9 Å². The van der Waals surface area contributed by atoms with Gasteiger partial charge in [0, 0.05) is 12.6 Å². The maximum atomic E-state index is 12.6.